The molecular weight excluding hydrogens is 232 g/mol. The predicted molar refractivity (Wildman–Crippen MR) is 81.3 cm³/mol. The molecule has 1 N–H and O–H groups in total. The number of aromatic nitrogens is 2. The van der Waals surface area contributed by atoms with Crippen LogP contribution in [0.5, 0.6) is 0 Å². The highest BCUT2D eigenvalue weighted by Crippen LogP contribution is 2.41. The van der Waals surface area contributed by atoms with E-state index >= 15 is 0 Å². The van der Waals surface area contributed by atoms with Crippen LogP contribution in [0.1, 0.15) is 77.1 Å². The lowest BCUT2D eigenvalue weighted by Crippen LogP contribution is -2.27. The summed E-state index contributed by atoms with van der Waals surface area (Å²) in [7, 11) is 0. The Bertz CT molecular complexity index is 376. The van der Waals surface area contributed by atoms with Crippen LogP contribution in [-0.4, -0.2) is 9.97 Å². The van der Waals surface area contributed by atoms with E-state index < -0.39 is 0 Å². The van der Waals surface area contributed by atoms with E-state index in [4.69, 9.17) is 0 Å². The average Bonchev–Trinajstić information content (AvgIpc) is 2.89. The summed E-state index contributed by atoms with van der Waals surface area (Å²) in [6.45, 7) is 7.22. The molecular formula is C17H30N2. The van der Waals surface area contributed by atoms with Gasteiger partial charge in [-0.25, -0.2) is 4.98 Å². The Morgan fingerprint density at radius 3 is 2.68 bits per heavy atom. The Kier molecular flexibility index (Phi) is 5.06. The molecule has 2 rings (SSSR count). The highest BCUT2D eigenvalue weighted by Gasteiger charge is 2.30. The number of hydrogen-bond acceptors (Lipinski definition) is 1. The summed E-state index contributed by atoms with van der Waals surface area (Å²) >= 11 is 0. The van der Waals surface area contributed by atoms with E-state index in [9.17, 15) is 0 Å². The van der Waals surface area contributed by atoms with Crippen molar-refractivity contribution in [2.75, 3.05) is 0 Å². The maximum Gasteiger partial charge on any atom is 0.0925 e. The van der Waals surface area contributed by atoms with E-state index in [1.165, 1.54) is 69.2 Å². The number of H-pyrrole nitrogens is 1. The standard InChI is InChI=1S/C17H30N2/c1-4-17(3,5-2)14-9-7-6-8-10-15-16(12-11-14)19-13-18-15/h13-14H,4-12H2,1-3H3,(H,18,19). The molecule has 0 saturated heterocycles. The third-order valence-corrected chi connectivity index (χ3v) is 5.62. The van der Waals surface area contributed by atoms with Crippen LogP contribution in [0.15, 0.2) is 6.33 Å². The first-order chi connectivity index (χ1) is 9.19. The van der Waals surface area contributed by atoms with E-state index in [1.807, 2.05) is 6.33 Å². The molecule has 1 aliphatic carbocycles. The largest absolute Gasteiger partial charge is 0.348 e. The number of nitrogens with one attached hydrogen (secondary N) is 1. The fourth-order valence-corrected chi connectivity index (χ4v) is 3.63. The summed E-state index contributed by atoms with van der Waals surface area (Å²) in [5.41, 5.74) is 3.26. The zero-order valence-electron chi connectivity index (χ0n) is 13.0. The molecule has 0 bridgehead atoms. The van der Waals surface area contributed by atoms with Gasteiger partial charge in [0.2, 0.25) is 0 Å². The molecule has 0 spiro atoms. The summed E-state index contributed by atoms with van der Waals surface area (Å²) < 4.78 is 0. The highest BCUT2D eigenvalue weighted by molar-refractivity contribution is 5.12. The first-order valence-corrected chi connectivity index (χ1v) is 8.20. The van der Waals surface area contributed by atoms with Gasteiger partial charge in [0.15, 0.2) is 0 Å². The molecule has 0 radical (unpaired) electrons. The SMILES string of the molecule is CCC(C)(CC)C1CCCCCc2[nH]cnc2CC1. The molecule has 1 aromatic heterocycles. The minimum Gasteiger partial charge on any atom is -0.348 e. The van der Waals surface area contributed by atoms with Gasteiger partial charge in [0.1, 0.15) is 0 Å². The third-order valence-electron chi connectivity index (χ3n) is 5.62. The van der Waals surface area contributed by atoms with Gasteiger partial charge in [0.05, 0.1) is 12.0 Å². The van der Waals surface area contributed by atoms with Crippen molar-refractivity contribution in [1.29, 1.82) is 0 Å². The summed E-state index contributed by atoms with van der Waals surface area (Å²) in [4.78, 5) is 7.89. The smallest absolute Gasteiger partial charge is 0.0925 e. The first-order valence-electron chi connectivity index (χ1n) is 8.20. The molecule has 0 fully saturated rings. The normalized spacial score (nSPS) is 21.9. The number of aromatic amines is 1. The van der Waals surface area contributed by atoms with Gasteiger partial charge in [-0.15, -0.1) is 0 Å². The zero-order valence-corrected chi connectivity index (χ0v) is 13.0. The molecule has 0 aromatic carbocycles. The molecule has 0 aliphatic heterocycles. The maximum atomic E-state index is 4.54. The first kappa shape index (κ1) is 14.6. The van der Waals surface area contributed by atoms with Crippen LogP contribution in [-0.2, 0) is 12.8 Å². The van der Waals surface area contributed by atoms with Gasteiger partial charge in [-0.2, -0.15) is 0 Å². The number of nitrogens with zero attached hydrogens (tertiary/aromatic N) is 1. The number of imidazole rings is 1. The van der Waals surface area contributed by atoms with Crippen LogP contribution >= 0.6 is 0 Å². The van der Waals surface area contributed by atoms with Gasteiger partial charge >= 0.3 is 0 Å². The van der Waals surface area contributed by atoms with Gasteiger partial charge in [0.25, 0.3) is 0 Å². The van der Waals surface area contributed by atoms with Gasteiger partial charge in [-0.1, -0.05) is 46.5 Å². The van der Waals surface area contributed by atoms with Crippen molar-refractivity contribution < 1.29 is 0 Å². The van der Waals surface area contributed by atoms with Crippen LogP contribution in [0.2, 0.25) is 0 Å². The fourth-order valence-electron chi connectivity index (χ4n) is 3.63. The predicted octanol–water partition coefficient (Wildman–Crippen LogP) is 4.90. The highest BCUT2D eigenvalue weighted by atomic mass is 14.9. The van der Waals surface area contributed by atoms with Crippen LogP contribution in [0.4, 0.5) is 0 Å². The lowest BCUT2D eigenvalue weighted by molar-refractivity contribution is 0.143. The Hall–Kier alpha value is -0.790. The minimum atomic E-state index is 0.523. The second-order valence-electron chi connectivity index (χ2n) is 6.52. The number of fused-ring (bicyclic) bond motifs is 1. The Balaban J connectivity index is 2.11. The monoisotopic (exact) mass is 262 g/mol. The molecule has 0 saturated carbocycles. The van der Waals surface area contributed by atoms with Gasteiger partial charge in [0, 0.05) is 5.69 Å². The van der Waals surface area contributed by atoms with E-state index in [0.29, 0.717) is 5.41 Å². The van der Waals surface area contributed by atoms with Gasteiger partial charge < -0.3 is 4.98 Å². The summed E-state index contributed by atoms with van der Waals surface area (Å²) in [6, 6.07) is 0. The lowest BCUT2D eigenvalue weighted by atomic mass is 9.68. The maximum absolute atomic E-state index is 4.54. The summed E-state index contributed by atoms with van der Waals surface area (Å²) in [5, 5.41) is 0. The van der Waals surface area contributed by atoms with E-state index in [0.717, 1.165) is 5.92 Å². The van der Waals surface area contributed by atoms with Crippen LogP contribution < -0.4 is 0 Å². The molecule has 2 heteroatoms. The molecule has 1 atom stereocenters. The Morgan fingerprint density at radius 1 is 1.16 bits per heavy atom. The van der Waals surface area contributed by atoms with E-state index in [1.54, 1.807) is 0 Å². The fraction of sp³-hybridized carbons (Fsp3) is 0.824. The third kappa shape index (κ3) is 3.40. The molecule has 0 amide bonds. The van der Waals surface area contributed by atoms with Crippen molar-refractivity contribution in [3.8, 4) is 0 Å². The molecule has 1 unspecified atom stereocenters. The number of aryl methyl sites for hydroxylation is 2. The second-order valence-corrected chi connectivity index (χ2v) is 6.52. The van der Waals surface area contributed by atoms with Crippen molar-refractivity contribution in [2.24, 2.45) is 11.3 Å². The zero-order chi connectivity index (χ0) is 13.7. The van der Waals surface area contributed by atoms with E-state index in [2.05, 4.69) is 30.7 Å². The Labute approximate surface area is 118 Å². The molecule has 2 nitrogen and oxygen atoms in total. The quantitative estimate of drug-likeness (QED) is 0.824. The molecule has 1 heterocycles. The van der Waals surface area contributed by atoms with E-state index in [-0.39, 0.29) is 0 Å². The lowest BCUT2D eigenvalue weighted by Gasteiger charge is -2.37. The number of hydrogen-bond donors (Lipinski definition) is 1. The van der Waals surface area contributed by atoms with Gasteiger partial charge in [-0.3, -0.25) is 0 Å². The van der Waals surface area contributed by atoms with Crippen molar-refractivity contribution >= 4 is 0 Å². The van der Waals surface area contributed by atoms with Crippen LogP contribution in [0.3, 0.4) is 0 Å². The average molecular weight is 262 g/mol. The summed E-state index contributed by atoms with van der Waals surface area (Å²) in [5.74, 6) is 0.866. The molecule has 19 heavy (non-hydrogen) atoms. The van der Waals surface area contributed by atoms with Crippen molar-refractivity contribution in [2.45, 2.75) is 78.6 Å². The van der Waals surface area contributed by atoms with Crippen LogP contribution in [0, 0.1) is 11.3 Å². The van der Waals surface area contributed by atoms with Crippen molar-refractivity contribution in [1.82, 2.24) is 9.97 Å². The van der Waals surface area contributed by atoms with Crippen molar-refractivity contribution in [3.63, 3.8) is 0 Å². The molecule has 108 valence electrons. The number of rotatable bonds is 3. The van der Waals surface area contributed by atoms with Gasteiger partial charge in [-0.05, 0) is 43.4 Å². The molecule has 1 aliphatic rings. The summed E-state index contributed by atoms with van der Waals surface area (Å²) in [6.07, 6.45) is 13.7. The topological polar surface area (TPSA) is 28.7 Å². The Morgan fingerprint density at radius 2 is 1.95 bits per heavy atom. The minimum absolute atomic E-state index is 0.523. The van der Waals surface area contributed by atoms with Crippen molar-refractivity contribution in [3.05, 3.63) is 17.7 Å². The second kappa shape index (κ2) is 6.58. The van der Waals surface area contributed by atoms with Crippen LogP contribution in [0.25, 0.3) is 0 Å². The molecule has 1 aromatic rings.